The summed E-state index contributed by atoms with van der Waals surface area (Å²) < 4.78 is 0. The van der Waals surface area contributed by atoms with Gasteiger partial charge in [0.05, 0.1) is 6.04 Å². The maximum Gasteiger partial charge on any atom is 0.254 e. The van der Waals surface area contributed by atoms with Crippen LogP contribution in [0.3, 0.4) is 0 Å². The lowest BCUT2D eigenvalue weighted by molar-refractivity contribution is -0.135. The highest BCUT2D eigenvalue weighted by Crippen LogP contribution is 2.28. The Balaban J connectivity index is 2.23. The summed E-state index contributed by atoms with van der Waals surface area (Å²) in [5.74, 6) is -0.306. The van der Waals surface area contributed by atoms with Crippen LogP contribution in [-0.4, -0.2) is 45.8 Å². The number of fused-ring (bicyclic) bond motifs is 1. The molecule has 2 heterocycles. The molecule has 2 aliphatic heterocycles. The summed E-state index contributed by atoms with van der Waals surface area (Å²) in [4.78, 5) is 12.7. The van der Waals surface area contributed by atoms with Gasteiger partial charge in [-0.3, -0.25) is 4.79 Å². The molecule has 2 fully saturated rings. The van der Waals surface area contributed by atoms with Gasteiger partial charge in [0, 0.05) is 6.54 Å². The van der Waals surface area contributed by atoms with E-state index in [2.05, 4.69) is 0 Å². The molecule has 62 valence electrons. The summed E-state index contributed by atoms with van der Waals surface area (Å²) in [7, 11) is 0. The molecule has 2 aliphatic rings. The molecule has 11 heavy (non-hydrogen) atoms. The van der Waals surface area contributed by atoms with E-state index in [9.17, 15) is 9.90 Å². The fourth-order valence-electron chi connectivity index (χ4n) is 1.95. The van der Waals surface area contributed by atoms with Crippen molar-refractivity contribution in [1.29, 1.82) is 0 Å². The second-order valence-electron chi connectivity index (χ2n) is 3.18. The minimum absolute atomic E-state index is 0.113. The van der Waals surface area contributed by atoms with Crippen molar-refractivity contribution in [1.82, 2.24) is 4.90 Å². The van der Waals surface area contributed by atoms with Gasteiger partial charge in [0.25, 0.3) is 5.91 Å². The van der Waals surface area contributed by atoms with Gasteiger partial charge in [-0.05, 0) is 12.8 Å². The van der Waals surface area contributed by atoms with E-state index in [4.69, 9.17) is 5.11 Å². The summed E-state index contributed by atoms with van der Waals surface area (Å²) in [5.41, 5.74) is 0. The Labute approximate surface area is 64.4 Å². The molecule has 0 aromatic heterocycles. The predicted octanol–water partition coefficient (Wildman–Crippen LogP) is -1.29. The quantitative estimate of drug-likeness (QED) is 0.460. The summed E-state index contributed by atoms with van der Waals surface area (Å²) in [6.07, 6.45) is -0.255. The fourth-order valence-corrected chi connectivity index (χ4v) is 1.95. The van der Waals surface area contributed by atoms with Crippen LogP contribution in [0.15, 0.2) is 0 Å². The Kier molecular flexibility index (Phi) is 1.40. The molecule has 0 bridgehead atoms. The van der Waals surface area contributed by atoms with Crippen LogP contribution < -0.4 is 0 Å². The van der Waals surface area contributed by atoms with Gasteiger partial charge in [-0.2, -0.15) is 0 Å². The van der Waals surface area contributed by atoms with Gasteiger partial charge in [0.1, 0.15) is 6.10 Å². The van der Waals surface area contributed by atoms with E-state index >= 15 is 0 Å². The van der Waals surface area contributed by atoms with Crippen LogP contribution in [0.5, 0.6) is 0 Å². The van der Waals surface area contributed by atoms with Crippen LogP contribution in [0.25, 0.3) is 0 Å². The molecule has 1 unspecified atom stereocenters. The molecule has 4 heteroatoms. The van der Waals surface area contributed by atoms with E-state index in [1.54, 1.807) is 4.90 Å². The summed E-state index contributed by atoms with van der Waals surface area (Å²) in [6.45, 7) is 0.692. The first kappa shape index (κ1) is 7.06. The average molecular weight is 157 g/mol. The van der Waals surface area contributed by atoms with Gasteiger partial charge in [-0.25, -0.2) is 0 Å². The molecule has 2 N–H and O–H groups in total. The topological polar surface area (TPSA) is 60.8 Å². The molecule has 3 atom stereocenters. The van der Waals surface area contributed by atoms with Crippen molar-refractivity contribution in [3.8, 4) is 0 Å². The molecule has 0 saturated carbocycles. The standard InChI is InChI=1S/C7H11NO3/c9-5-4-2-1-3-8(4)7(11)6(5)10/h4-6,9-10H,1-3H2/t4?,5-,6+/m1/s1. The zero-order valence-corrected chi connectivity index (χ0v) is 6.10. The molecule has 0 aromatic rings. The Morgan fingerprint density at radius 2 is 2.18 bits per heavy atom. The largest absolute Gasteiger partial charge is 0.388 e. The number of nitrogens with zero attached hydrogens (tertiary/aromatic N) is 1. The molecular formula is C7H11NO3. The maximum absolute atomic E-state index is 11.1. The van der Waals surface area contributed by atoms with Crippen molar-refractivity contribution in [2.75, 3.05) is 6.54 Å². The van der Waals surface area contributed by atoms with Crippen molar-refractivity contribution < 1.29 is 15.0 Å². The van der Waals surface area contributed by atoms with Crippen molar-refractivity contribution in [2.45, 2.75) is 31.1 Å². The number of aliphatic hydroxyl groups excluding tert-OH is 2. The van der Waals surface area contributed by atoms with E-state index < -0.39 is 12.2 Å². The number of carbonyl (C=O) groups is 1. The summed E-state index contributed by atoms with van der Waals surface area (Å²) >= 11 is 0. The third-order valence-electron chi connectivity index (χ3n) is 2.55. The van der Waals surface area contributed by atoms with E-state index in [0.717, 1.165) is 12.8 Å². The van der Waals surface area contributed by atoms with E-state index in [1.807, 2.05) is 0 Å². The summed E-state index contributed by atoms with van der Waals surface area (Å²) in [5, 5.41) is 18.5. The van der Waals surface area contributed by atoms with Gasteiger partial charge in [-0.1, -0.05) is 0 Å². The lowest BCUT2D eigenvalue weighted by Gasteiger charge is -2.15. The number of hydrogen-bond donors (Lipinski definition) is 2. The molecule has 0 aromatic carbocycles. The SMILES string of the molecule is O=C1[C@@H](O)[C@H](O)C2CCCN12. The van der Waals surface area contributed by atoms with Crippen LogP contribution >= 0.6 is 0 Å². The first-order valence-corrected chi connectivity index (χ1v) is 3.88. The minimum atomic E-state index is -1.17. The average Bonchev–Trinajstić information content (AvgIpc) is 2.53. The first-order chi connectivity index (χ1) is 5.22. The Bertz CT molecular complexity index is 194. The van der Waals surface area contributed by atoms with Crippen LogP contribution in [0.1, 0.15) is 12.8 Å². The summed E-state index contributed by atoms with van der Waals surface area (Å²) in [6, 6.07) is -0.113. The highest BCUT2D eigenvalue weighted by molar-refractivity contribution is 5.84. The van der Waals surface area contributed by atoms with Crippen molar-refractivity contribution >= 4 is 5.91 Å². The molecule has 0 spiro atoms. The second-order valence-corrected chi connectivity index (χ2v) is 3.18. The van der Waals surface area contributed by atoms with Crippen molar-refractivity contribution in [2.24, 2.45) is 0 Å². The normalized spacial score (nSPS) is 43.3. The van der Waals surface area contributed by atoms with Crippen LogP contribution in [-0.2, 0) is 4.79 Å². The molecule has 1 amide bonds. The van der Waals surface area contributed by atoms with Gasteiger partial charge >= 0.3 is 0 Å². The number of carbonyl (C=O) groups excluding carboxylic acids is 1. The molecule has 0 radical (unpaired) electrons. The zero-order chi connectivity index (χ0) is 8.01. The molecule has 4 nitrogen and oxygen atoms in total. The number of hydrogen-bond acceptors (Lipinski definition) is 3. The lowest BCUT2D eigenvalue weighted by atomic mass is 10.1. The third-order valence-corrected chi connectivity index (χ3v) is 2.55. The van der Waals surface area contributed by atoms with Gasteiger partial charge < -0.3 is 15.1 Å². The first-order valence-electron chi connectivity index (χ1n) is 3.88. The second kappa shape index (κ2) is 2.19. The highest BCUT2D eigenvalue weighted by Gasteiger charge is 2.48. The number of rotatable bonds is 0. The fraction of sp³-hybridized carbons (Fsp3) is 0.857. The highest BCUT2D eigenvalue weighted by atomic mass is 16.3. The Morgan fingerprint density at radius 1 is 1.45 bits per heavy atom. The van der Waals surface area contributed by atoms with E-state index in [-0.39, 0.29) is 11.9 Å². The van der Waals surface area contributed by atoms with E-state index in [1.165, 1.54) is 0 Å². The monoisotopic (exact) mass is 157 g/mol. The minimum Gasteiger partial charge on any atom is -0.388 e. The number of amides is 1. The Hall–Kier alpha value is -0.610. The molecule has 2 rings (SSSR count). The van der Waals surface area contributed by atoms with Gasteiger partial charge in [0.15, 0.2) is 6.10 Å². The van der Waals surface area contributed by atoms with Crippen molar-refractivity contribution in [3.05, 3.63) is 0 Å². The molecule has 2 saturated heterocycles. The predicted molar refractivity (Wildman–Crippen MR) is 36.7 cm³/mol. The maximum atomic E-state index is 11.1. The molecule has 0 aliphatic carbocycles. The molecular weight excluding hydrogens is 146 g/mol. The smallest absolute Gasteiger partial charge is 0.254 e. The van der Waals surface area contributed by atoms with E-state index in [0.29, 0.717) is 6.54 Å². The third kappa shape index (κ3) is 0.795. The van der Waals surface area contributed by atoms with Crippen LogP contribution in [0, 0.1) is 0 Å². The Morgan fingerprint density at radius 3 is 2.82 bits per heavy atom. The lowest BCUT2D eigenvalue weighted by Crippen LogP contribution is -2.30. The zero-order valence-electron chi connectivity index (χ0n) is 6.10. The van der Waals surface area contributed by atoms with Gasteiger partial charge in [0.2, 0.25) is 0 Å². The number of aliphatic hydroxyl groups is 2. The van der Waals surface area contributed by atoms with Crippen LogP contribution in [0.4, 0.5) is 0 Å². The van der Waals surface area contributed by atoms with Crippen LogP contribution in [0.2, 0.25) is 0 Å². The van der Waals surface area contributed by atoms with Crippen molar-refractivity contribution in [3.63, 3.8) is 0 Å². The van der Waals surface area contributed by atoms with Gasteiger partial charge in [-0.15, -0.1) is 0 Å².